The van der Waals surface area contributed by atoms with Gasteiger partial charge < -0.3 is 11.5 Å². The third kappa shape index (κ3) is 5.15. The summed E-state index contributed by atoms with van der Waals surface area (Å²) in [4.78, 5) is 0. The lowest BCUT2D eigenvalue weighted by Crippen LogP contribution is -2.27. The van der Waals surface area contributed by atoms with E-state index in [0.717, 1.165) is 0 Å². The number of nitriles is 1. The largest absolute Gasteiger partial charge is 0.313 e. The maximum Gasteiger partial charge on any atom is 0.0909 e. The van der Waals surface area contributed by atoms with Gasteiger partial charge in [-0.2, -0.15) is 5.26 Å². The lowest BCUT2D eigenvalue weighted by Gasteiger charge is -1.88. The summed E-state index contributed by atoms with van der Waals surface area (Å²) in [6, 6.07) is 1.76. The van der Waals surface area contributed by atoms with E-state index in [1.165, 1.54) is 12.2 Å². The van der Waals surface area contributed by atoms with Gasteiger partial charge in [-0.05, 0) is 6.08 Å². The van der Waals surface area contributed by atoms with Gasteiger partial charge in [0.2, 0.25) is 0 Å². The molecule has 0 radical (unpaired) electrons. The number of hydrogen-bond donors (Lipinski definition) is 2. The minimum absolute atomic E-state index is 0.500. The zero-order valence-electron chi connectivity index (χ0n) is 3.83. The van der Waals surface area contributed by atoms with Gasteiger partial charge in [-0.1, -0.05) is 0 Å². The number of nitrogens with zero attached hydrogens (tertiary/aromatic N) is 1. The Bertz CT molecular complexity index is 98.0. The van der Waals surface area contributed by atoms with Crippen LogP contribution in [0.1, 0.15) is 0 Å². The SMILES string of the molecule is N#C/C=C\C(N)N. The normalized spacial score (nSPS) is 10.0. The summed E-state index contributed by atoms with van der Waals surface area (Å²) < 4.78 is 0. The molecule has 0 fully saturated rings. The zero-order valence-corrected chi connectivity index (χ0v) is 3.83. The molecule has 0 aromatic rings. The first kappa shape index (κ1) is 6.15. The van der Waals surface area contributed by atoms with Gasteiger partial charge in [0.05, 0.1) is 12.2 Å². The molecule has 0 aliphatic rings. The molecule has 0 aliphatic carbocycles. The third-order valence-electron chi connectivity index (χ3n) is 0.393. The van der Waals surface area contributed by atoms with Crippen molar-refractivity contribution in [1.29, 1.82) is 5.26 Å². The standard InChI is InChI=1S/C4H7N3/c5-3-1-2-4(6)7/h1-2,4H,6-7H2/b2-1-. The monoisotopic (exact) mass is 97.1 g/mol. The third-order valence-corrected chi connectivity index (χ3v) is 0.393. The maximum absolute atomic E-state index is 7.87. The van der Waals surface area contributed by atoms with Crippen LogP contribution in [0.3, 0.4) is 0 Å². The molecule has 0 saturated heterocycles. The van der Waals surface area contributed by atoms with Crippen LogP contribution in [-0.2, 0) is 0 Å². The van der Waals surface area contributed by atoms with Crippen LogP contribution >= 0.6 is 0 Å². The molecule has 0 aromatic carbocycles. The highest BCUT2D eigenvalue weighted by Crippen LogP contribution is 1.66. The number of allylic oxidation sites excluding steroid dienone is 1. The van der Waals surface area contributed by atoms with E-state index in [1.807, 2.05) is 0 Å². The van der Waals surface area contributed by atoms with Crippen LogP contribution in [0.4, 0.5) is 0 Å². The van der Waals surface area contributed by atoms with Crippen molar-refractivity contribution < 1.29 is 0 Å². The van der Waals surface area contributed by atoms with E-state index in [-0.39, 0.29) is 0 Å². The van der Waals surface area contributed by atoms with Crippen LogP contribution < -0.4 is 11.5 Å². The lowest BCUT2D eigenvalue weighted by atomic mass is 10.4. The van der Waals surface area contributed by atoms with Crippen LogP contribution in [0.5, 0.6) is 0 Å². The zero-order chi connectivity index (χ0) is 5.70. The maximum atomic E-state index is 7.87. The predicted octanol–water partition coefficient (Wildman–Crippen LogP) is -0.690. The average Bonchev–Trinajstić information content (AvgIpc) is 1.61. The molecular weight excluding hydrogens is 90.1 g/mol. The van der Waals surface area contributed by atoms with Gasteiger partial charge in [0.1, 0.15) is 0 Å². The molecule has 0 bridgehead atoms. The van der Waals surface area contributed by atoms with Crippen LogP contribution in [-0.4, -0.2) is 6.17 Å². The first-order valence-corrected chi connectivity index (χ1v) is 1.85. The molecule has 0 spiro atoms. The quantitative estimate of drug-likeness (QED) is 0.336. The average molecular weight is 97.1 g/mol. The van der Waals surface area contributed by atoms with Crippen molar-refractivity contribution in [3.63, 3.8) is 0 Å². The van der Waals surface area contributed by atoms with Crippen molar-refractivity contribution in [2.45, 2.75) is 6.17 Å². The van der Waals surface area contributed by atoms with Crippen LogP contribution in [0.25, 0.3) is 0 Å². The van der Waals surface area contributed by atoms with Crippen molar-refractivity contribution in [2.24, 2.45) is 11.5 Å². The first-order chi connectivity index (χ1) is 3.27. The molecule has 4 N–H and O–H groups in total. The first-order valence-electron chi connectivity index (χ1n) is 1.85. The summed E-state index contributed by atoms with van der Waals surface area (Å²) in [5.41, 5.74) is 10.0. The Morgan fingerprint density at radius 2 is 2.14 bits per heavy atom. The topological polar surface area (TPSA) is 75.8 Å². The Hall–Kier alpha value is -0.850. The molecule has 0 saturated carbocycles. The van der Waals surface area contributed by atoms with E-state index in [2.05, 4.69) is 0 Å². The molecule has 0 amide bonds. The summed E-state index contributed by atoms with van der Waals surface area (Å²) in [6.07, 6.45) is 2.17. The summed E-state index contributed by atoms with van der Waals surface area (Å²) in [5.74, 6) is 0. The number of nitrogens with two attached hydrogens (primary N) is 2. The molecule has 3 heteroatoms. The minimum atomic E-state index is -0.500. The number of hydrogen-bond acceptors (Lipinski definition) is 3. The highest BCUT2D eigenvalue weighted by Gasteiger charge is 1.77. The van der Waals surface area contributed by atoms with Crippen LogP contribution in [0, 0.1) is 11.3 Å². The van der Waals surface area contributed by atoms with Crippen molar-refractivity contribution in [2.75, 3.05) is 0 Å². The van der Waals surface area contributed by atoms with Crippen molar-refractivity contribution in [3.8, 4) is 6.07 Å². The second-order valence-corrected chi connectivity index (χ2v) is 1.07. The smallest absolute Gasteiger partial charge is 0.0909 e. The highest BCUT2D eigenvalue weighted by molar-refractivity contribution is 5.04. The fraction of sp³-hybridized carbons (Fsp3) is 0.250. The lowest BCUT2D eigenvalue weighted by molar-refractivity contribution is 0.876. The molecule has 0 aromatic heterocycles. The summed E-state index contributed by atoms with van der Waals surface area (Å²) in [6.45, 7) is 0. The van der Waals surface area contributed by atoms with Gasteiger partial charge in [-0.25, -0.2) is 0 Å². The van der Waals surface area contributed by atoms with E-state index in [9.17, 15) is 0 Å². The van der Waals surface area contributed by atoms with Gasteiger partial charge in [-0.15, -0.1) is 0 Å². The Balaban J connectivity index is 3.31. The van der Waals surface area contributed by atoms with Gasteiger partial charge in [-0.3, -0.25) is 0 Å². The molecule has 0 heterocycles. The molecule has 0 atom stereocenters. The Morgan fingerprint density at radius 1 is 1.57 bits per heavy atom. The van der Waals surface area contributed by atoms with Gasteiger partial charge >= 0.3 is 0 Å². The van der Waals surface area contributed by atoms with Crippen molar-refractivity contribution in [3.05, 3.63) is 12.2 Å². The minimum Gasteiger partial charge on any atom is -0.313 e. The Kier molecular flexibility index (Phi) is 2.94. The van der Waals surface area contributed by atoms with Gasteiger partial charge in [0, 0.05) is 6.08 Å². The van der Waals surface area contributed by atoms with Crippen molar-refractivity contribution >= 4 is 0 Å². The summed E-state index contributed by atoms with van der Waals surface area (Å²) in [5, 5.41) is 7.87. The van der Waals surface area contributed by atoms with E-state index in [0.29, 0.717) is 0 Å². The number of rotatable bonds is 1. The van der Waals surface area contributed by atoms with Gasteiger partial charge in [0.15, 0.2) is 0 Å². The molecule has 7 heavy (non-hydrogen) atoms. The molecule has 3 nitrogen and oxygen atoms in total. The van der Waals surface area contributed by atoms with E-state index < -0.39 is 6.17 Å². The second kappa shape index (κ2) is 3.34. The van der Waals surface area contributed by atoms with E-state index in [1.54, 1.807) is 6.07 Å². The van der Waals surface area contributed by atoms with Crippen molar-refractivity contribution in [1.82, 2.24) is 0 Å². The van der Waals surface area contributed by atoms with Crippen LogP contribution in [0.15, 0.2) is 12.2 Å². The fourth-order valence-corrected chi connectivity index (χ4v) is 0.154. The predicted molar refractivity (Wildman–Crippen MR) is 26.9 cm³/mol. The van der Waals surface area contributed by atoms with Gasteiger partial charge in [0.25, 0.3) is 0 Å². The fourth-order valence-electron chi connectivity index (χ4n) is 0.154. The highest BCUT2D eigenvalue weighted by atomic mass is 14.8. The Labute approximate surface area is 42.2 Å². The molecule has 0 unspecified atom stereocenters. The molecular formula is C4H7N3. The Morgan fingerprint density at radius 3 is 2.29 bits per heavy atom. The summed E-state index contributed by atoms with van der Waals surface area (Å²) >= 11 is 0. The summed E-state index contributed by atoms with van der Waals surface area (Å²) in [7, 11) is 0. The molecule has 0 aliphatic heterocycles. The molecule has 0 rings (SSSR count). The van der Waals surface area contributed by atoms with Crippen LogP contribution in [0.2, 0.25) is 0 Å². The van der Waals surface area contributed by atoms with E-state index >= 15 is 0 Å². The van der Waals surface area contributed by atoms with E-state index in [4.69, 9.17) is 16.7 Å². The molecule has 38 valence electrons. The second-order valence-electron chi connectivity index (χ2n) is 1.07.